The number of likely N-dealkylation sites (tertiary alicyclic amines) is 1. The lowest BCUT2D eigenvalue weighted by Gasteiger charge is -2.38. The van der Waals surface area contributed by atoms with E-state index in [2.05, 4.69) is 4.98 Å². The van der Waals surface area contributed by atoms with E-state index in [0.29, 0.717) is 12.5 Å². The number of halogens is 3. The van der Waals surface area contributed by atoms with Crippen molar-refractivity contribution >= 4 is 11.9 Å². The lowest BCUT2D eigenvalue weighted by Crippen LogP contribution is -2.43. The third-order valence-electron chi connectivity index (χ3n) is 5.72. The number of nitrogens with zero attached hydrogens (tertiary/aromatic N) is 2. The summed E-state index contributed by atoms with van der Waals surface area (Å²) >= 11 is 0. The first-order valence-electron chi connectivity index (χ1n) is 10.5. The summed E-state index contributed by atoms with van der Waals surface area (Å²) in [6.45, 7) is 2.89. The van der Waals surface area contributed by atoms with Gasteiger partial charge in [-0.2, -0.15) is 13.2 Å². The van der Waals surface area contributed by atoms with E-state index < -0.39 is 12.1 Å². The molecule has 3 heterocycles. The Morgan fingerprint density at radius 2 is 1.76 bits per heavy atom. The van der Waals surface area contributed by atoms with E-state index in [1.165, 1.54) is 0 Å². The zero-order valence-electron chi connectivity index (χ0n) is 17.8. The summed E-state index contributed by atoms with van der Waals surface area (Å²) in [7, 11) is 0. The number of piperidine rings is 1. The van der Waals surface area contributed by atoms with Crippen molar-refractivity contribution in [2.75, 3.05) is 26.3 Å². The minimum Gasteiger partial charge on any atom is -0.475 e. The second-order valence-electron chi connectivity index (χ2n) is 8.08. The van der Waals surface area contributed by atoms with Crippen LogP contribution in [0, 0.1) is 5.41 Å². The molecule has 0 saturated carbocycles. The van der Waals surface area contributed by atoms with E-state index >= 15 is 0 Å². The van der Waals surface area contributed by atoms with Gasteiger partial charge in [0.2, 0.25) is 5.88 Å². The molecule has 1 N–H and O–H groups in total. The number of hydrogen-bond acceptors (Lipinski definition) is 5. The number of carbonyl (C=O) groups excluding carboxylic acids is 1. The van der Waals surface area contributed by atoms with E-state index in [1.54, 1.807) is 6.20 Å². The highest BCUT2D eigenvalue weighted by molar-refractivity contribution is 5.94. The maximum Gasteiger partial charge on any atom is 0.490 e. The fourth-order valence-electron chi connectivity index (χ4n) is 3.91. The van der Waals surface area contributed by atoms with Gasteiger partial charge in [-0.3, -0.25) is 4.79 Å². The van der Waals surface area contributed by atoms with Gasteiger partial charge >= 0.3 is 12.1 Å². The maximum absolute atomic E-state index is 12.6. The number of aromatic nitrogens is 1. The lowest BCUT2D eigenvalue weighted by atomic mass is 9.76. The summed E-state index contributed by atoms with van der Waals surface area (Å²) in [5.41, 5.74) is 0.957. The van der Waals surface area contributed by atoms with Crippen LogP contribution in [-0.4, -0.2) is 65.5 Å². The number of pyridine rings is 1. The van der Waals surface area contributed by atoms with Crippen LogP contribution in [0.3, 0.4) is 0 Å². The van der Waals surface area contributed by atoms with Gasteiger partial charge in [0.1, 0.15) is 6.61 Å². The summed E-state index contributed by atoms with van der Waals surface area (Å²) in [6, 6.07) is 15.2. The fraction of sp³-hybridized carbons (Fsp3) is 0.435. The smallest absolute Gasteiger partial charge is 0.475 e. The molecule has 4 rings (SSSR count). The lowest BCUT2D eigenvalue weighted by molar-refractivity contribution is -0.192. The van der Waals surface area contributed by atoms with Gasteiger partial charge in [-0.05, 0) is 42.9 Å². The highest BCUT2D eigenvalue weighted by Gasteiger charge is 2.43. The fourth-order valence-corrected chi connectivity index (χ4v) is 3.91. The van der Waals surface area contributed by atoms with Crippen LogP contribution in [0.25, 0.3) is 0 Å². The number of rotatable bonds is 4. The predicted octanol–water partition coefficient (Wildman–Crippen LogP) is 3.81. The summed E-state index contributed by atoms with van der Waals surface area (Å²) in [5.74, 6) is -1.98. The maximum atomic E-state index is 12.6. The van der Waals surface area contributed by atoms with Gasteiger partial charge in [0.05, 0.1) is 12.7 Å². The molecular weight excluding hydrogens is 441 g/mol. The summed E-state index contributed by atoms with van der Waals surface area (Å²) < 4.78 is 43.5. The van der Waals surface area contributed by atoms with E-state index in [1.807, 2.05) is 53.4 Å². The quantitative estimate of drug-likeness (QED) is 0.737. The van der Waals surface area contributed by atoms with Gasteiger partial charge in [-0.25, -0.2) is 9.78 Å². The van der Waals surface area contributed by atoms with Crippen LogP contribution < -0.4 is 4.74 Å². The van der Waals surface area contributed by atoms with Crippen molar-refractivity contribution in [2.45, 2.75) is 31.5 Å². The van der Waals surface area contributed by atoms with E-state index in [9.17, 15) is 18.0 Å². The minimum atomic E-state index is -5.08. The highest BCUT2D eigenvalue weighted by Crippen LogP contribution is 2.42. The van der Waals surface area contributed by atoms with Crippen LogP contribution in [0.2, 0.25) is 0 Å². The van der Waals surface area contributed by atoms with Crippen LogP contribution in [0.5, 0.6) is 5.88 Å². The van der Waals surface area contributed by atoms with Crippen LogP contribution >= 0.6 is 0 Å². The predicted molar refractivity (Wildman–Crippen MR) is 112 cm³/mol. The second kappa shape index (κ2) is 10.7. The average Bonchev–Trinajstić information content (AvgIpc) is 3.21. The van der Waals surface area contributed by atoms with E-state index in [4.69, 9.17) is 19.4 Å². The Labute approximate surface area is 189 Å². The first kappa shape index (κ1) is 24.5. The summed E-state index contributed by atoms with van der Waals surface area (Å²) in [6.07, 6.45) is -0.274. The van der Waals surface area contributed by atoms with Crippen LogP contribution in [0.1, 0.15) is 29.6 Å². The first-order valence-corrected chi connectivity index (χ1v) is 10.5. The Kier molecular flexibility index (Phi) is 7.91. The number of aliphatic carboxylic acids is 1. The molecule has 33 heavy (non-hydrogen) atoms. The number of carbonyl (C=O) groups is 2. The van der Waals surface area contributed by atoms with Gasteiger partial charge in [0.25, 0.3) is 5.91 Å². The molecule has 1 spiro atoms. The zero-order chi connectivity index (χ0) is 23.9. The molecule has 2 aromatic rings. The molecule has 178 valence electrons. The molecular formula is C23H25F3N2O5. The molecule has 0 bridgehead atoms. The van der Waals surface area contributed by atoms with Crippen molar-refractivity contribution in [3.63, 3.8) is 0 Å². The molecule has 1 amide bonds. The molecule has 2 fully saturated rings. The number of carboxylic acids is 1. The highest BCUT2D eigenvalue weighted by atomic mass is 19.4. The topological polar surface area (TPSA) is 89.0 Å². The summed E-state index contributed by atoms with van der Waals surface area (Å²) in [5, 5.41) is 7.12. The Morgan fingerprint density at radius 3 is 2.33 bits per heavy atom. The van der Waals surface area contributed by atoms with Crippen molar-refractivity contribution in [2.24, 2.45) is 5.41 Å². The van der Waals surface area contributed by atoms with E-state index in [0.717, 1.165) is 44.5 Å². The number of ether oxygens (including phenoxy) is 2. The Morgan fingerprint density at radius 1 is 1.12 bits per heavy atom. The molecule has 2 aliphatic heterocycles. The molecule has 1 aromatic carbocycles. The molecule has 0 radical (unpaired) electrons. The van der Waals surface area contributed by atoms with E-state index in [-0.39, 0.29) is 17.4 Å². The van der Waals surface area contributed by atoms with Gasteiger partial charge in [-0.15, -0.1) is 0 Å². The second-order valence-corrected chi connectivity index (χ2v) is 8.08. The number of carboxylic acid groups (broad SMARTS) is 1. The molecule has 1 atom stereocenters. The van der Waals surface area contributed by atoms with Crippen molar-refractivity contribution in [3.05, 3.63) is 60.3 Å². The molecule has 1 aromatic heterocycles. The number of benzene rings is 1. The number of alkyl halides is 3. The van der Waals surface area contributed by atoms with Gasteiger partial charge in [-0.1, -0.05) is 24.3 Å². The molecule has 0 aliphatic carbocycles. The number of amides is 1. The van der Waals surface area contributed by atoms with Crippen molar-refractivity contribution in [1.82, 2.24) is 9.88 Å². The van der Waals surface area contributed by atoms with Crippen molar-refractivity contribution < 1.29 is 37.3 Å². The van der Waals surface area contributed by atoms with Gasteiger partial charge < -0.3 is 19.5 Å². The first-order chi connectivity index (χ1) is 15.7. The Balaban J connectivity index is 0.000000383. The SMILES string of the molecule is O=C(O)C(F)(F)F.O=C(c1ccccc1)N1CCC2(CC1)COC(COc1ccccn1)C2. The van der Waals surface area contributed by atoms with Crippen LogP contribution in [0.15, 0.2) is 54.7 Å². The largest absolute Gasteiger partial charge is 0.490 e. The Hall–Kier alpha value is -3.14. The molecule has 7 nitrogen and oxygen atoms in total. The van der Waals surface area contributed by atoms with Gasteiger partial charge in [0, 0.05) is 30.9 Å². The normalized spacial score (nSPS) is 19.5. The minimum absolute atomic E-state index is 0.105. The van der Waals surface area contributed by atoms with Crippen molar-refractivity contribution in [3.8, 4) is 5.88 Å². The third kappa shape index (κ3) is 6.92. The third-order valence-corrected chi connectivity index (χ3v) is 5.72. The molecule has 10 heteroatoms. The monoisotopic (exact) mass is 466 g/mol. The van der Waals surface area contributed by atoms with Gasteiger partial charge in [0.15, 0.2) is 0 Å². The zero-order valence-corrected chi connectivity index (χ0v) is 17.8. The Bertz CT molecular complexity index is 917. The van der Waals surface area contributed by atoms with Crippen LogP contribution in [0.4, 0.5) is 13.2 Å². The van der Waals surface area contributed by atoms with Crippen molar-refractivity contribution in [1.29, 1.82) is 0 Å². The average molecular weight is 466 g/mol. The number of hydrogen-bond donors (Lipinski definition) is 1. The van der Waals surface area contributed by atoms with Crippen LogP contribution in [-0.2, 0) is 9.53 Å². The molecule has 2 saturated heterocycles. The summed E-state index contributed by atoms with van der Waals surface area (Å²) in [4.78, 5) is 27.6. The molecule has 1 unspecified atom stereocenters. The molecule has 2 aliphatic rings. The standard InChI is InChI=1S/C21H24N2O3.C2HF3O2/c24-20(17-6-2-1-3-7-17)23-12-9-21(10-13-23)14-18(26-16-21)15-25-19-8-4-5-11-22-19;3-2(4,5)1(6)7/h1-8,11,18H,9-10,12-16H2;(H,6,7).